The summed E-state index contributed by atoms with van der Waals surface area (Å²) in [7, 11) is -3.15. The normalized spacial score (nSPS) is 14.5. The van der Waals surface area contributed by atoms with Crippen molar-refractivity contribution in [2.24, 2.45) is 9.98 Å². The van der Waals surface area contributed by atoms with Gasteiger partial charge < -0.3 is 21.3 Å². The van der Waals surface area contributed by atoms with Gasteiger partial charge in [0.05, 0.1) is 12.1 Å². The number of nitrogens with one attached hydrogen (secondary N) is 4. The van der Waals surface area contributed by atoms with Crippen molar-refractivity contribution >= 4 is 39.6 Å². The molecule has 0 aromatic heterocycles. The molecule has 10 heteroatoms. The second kappa shape index (κ2) is 37.0. The van der Waals surface area contributed by atoms with Crippen molar-refractivity contribution < 1.29 is 9.59 Å². The van der Waals surface area contributed by atoms with Crippen molar-refractivity contribution in [1.29, 1.82) is 0 Å². The molecule has 564 valence electrons. The first-order valence-corrected chi connectivity index (χ1v) is 46.7. The fraction of sp³-hybridized carbons (Fsp3) is 0.192. The smallest absolute Gasteiger partial charge is 0.251 e. The van der Waals surface area contributed by atoms with Crippen LogP contribution in [0.1, 0.15) is 165 Å². The highest BCUT2D eigenvalue weighted by molar-refractivity contribution is 6.84. The summed E-state index contributed by atoms with van der Waals surface area (Å²) in [5.41, 5.74) is 28.3. The molecule has 0 saturated heterocycles. The summed E-state index contributed by atoms with van der Waals surface area (Å²) >= 11 is 0. The molecule has 2 amide bonds. The van der Waals surface area contributed by atoms with Gasteiger partial charge in [0.15, 0.2) is 0 Å². The number of amidine groups is 2. The minimum Gasteiger partial charge on any atom is -0.363 e. The summed E-state index contributed by atoms with van der Waals surface area (Å²) < 4.78 is 0. The predicted octanol–water partition coefficient (Wildman–Crippen LogP) is 22.8. The van der Waals surface area contributed by atoms with E-state index in [1.165, 1.54) is 0 Å². The standard InChI is InChI=1S/C104H98N6O2Si2/c1-73(83-27-15-11-16-28-83)105-101(106-74(2)84-29-17-12-18-30-84)99-93(35-25-37-95(99)89-61-49-81(50-62-89)69-71-113(5,6)7)87-57-45-77(46-58-87)41-43-79-53-65-91(66-54-79)103(111)109-97-39-23-24-40-98(97)110-104(112)92-67-55-80(56-68-92)44-42-78-47-59-88(60-48-78)94-36-26-38-96(90-63-51-82(52-64-90)70-72-114(8,9)10)100(94)102(107-75(3)85-31-19-13-20-32-85)108-76(4)86-33-21-14-22-34-86/h11-22,25-38,45-68,73-76,97-98H,23-24,39-40H2,1-10H3,(H,105,106)(H,107,108)(H,109,111)(H,110,112)/t73-,74-,75-,76?,97-,98-/m1/s1. The molecule has 0 radical (unpaired) electrons. The van der Waals surface area contributed by atoms with Crippen molar-refractivity contribution in [3.05, 3.63) is 381 Å². The largest absolute Gasteiger partial charge is 0.363 e. The Hall–Kier alpha value is -12.8. The van der Waals surface area contributed by atoms with Crippen molar-refractivity contribution in [3.8, 4) is 91.1 Å². The van der Waals surface area contributed by atoms with Crippen LogP contribution in [0.15, 0.2) is 313 Å². The van der Waals surface area contributed by atoms with Crippen LogP contribution in [0.2, 0.25) is 39.3 Å². The van der Waals surface area contributed by atoms with E-state index in [4.69, 9.17) is 9.98 Å². The van der Waals surface area contributed by atoms with Gasteiger partial charge in [-0.3, -0.25) is 19.6 Å². The maximum absolute atomic E-state index is 14.0. The van der Waals surface area contributed by atoms with Gasteiger partial charge >= 0.3 is 0 Å². The Labute approximate surface area is 677 Å². The molecule has 0 bridgehead atoms. The third-order valence-corrected chi connectivity index (χ3v) is 22.2. The van der Waals surface area contributed by atoms with Gasteiger partial charge in [-0.1, -0.05) is 294 Å². The van der Waals surface area contributed by atoms with E-state index in [0.29, 0.717) is 11.1 Å². The molecule has 0 spiro atoms. The SMILES string of the molecule is CC(NC(=N[C@H](C)c1ccccc1)c1c(-c2ccc(C#Cc3ccc(C(=O)N[C@@H]4CCCC[C@H]4NC(=O)c4ccc(C#Cc5ccc(-c6cccc(-c7ccc(C#C[Si](C)(C)C)cc7)c6C(=N[C@H](C)c6ccccc6)N[C@H](C)c6ccccc6)cc5)cc4)cc3)cc2)cccc1-c1ccc(C#C[Si](C)(C)C)cc1)c1ccccc1. The van der Waals surface area contributed by atoms with Gasteiger partial charge in [0.1, 0.15) is 27.8 Å². The highest BCUT2D eigenvalue weighted by Crippen LogP contribution is 2.38. The van der Waals surface area contributed by atoms with Crippen molar-refractivity contribution in [2.45, 2.75) is 129 Å². The number of hydrogen-bond acceptors (Lipinski definition) is 4. The molecular weight excluding hydrogens is 1420 g/mol. The van der Waals surface area contributed by atoms with Crippen LogP contribution < -0.4 is 21.3 Å². The number of rotatable bonds is 18. The molecular formula is C104H98N6O2Si2. The van der Waals surface area contributed by atoms with Crippen LogP contribution in [0.3, 0.4) is 0 Å². The van der Waals surface area contributed by atoms with E-state index in [0.717, 1.165) is 149 Å². The van der Waals surface area contributed by atoms with Gasteiger partial charge in [-0.05, 0) is 204 Å². The zero-order chi connectivity index (χ0) is 79.6. The number of carbonyl (C=O) groups excluding carboxylic acids is 2. The number of benzene rings is 12. The van der Waals surface area contributed by atoms with Gasteiger partial charge in [0.2, 0.25) is 0 Å². The summed E-state index contributed by atoms with van der Waals surface area (Å²) in [6.07, 6.45) is 3.40. The number of carbonyl (C=O) groups is 2. The lowest BCUT2D eigenvalue weighted by atomic mass is 9.89. The van der Waals surface area contributed by atoms with Gasteiger partial charge in [-0.25, -0.2) is 0 Å². The first kappa shape index (κ1) is 79.3. The molecule has 1 saturated carbocycles. The lowest BCUT2D eigenvalue weighted by molar-refractivity contribution is 0.0863. The zero-order valence-electron chi connectivity index (χ0n) is 66.9. The molecule has 114 heavy (non-hydrogen) atoms. The summed E-state index contributed by atoms with van der Waals surface area (Å²) in [4.78, 5) is 39.1. The van der Waals surface area contributed by atoms with E-state index in [9.17, 15) is 9.59 Å². The molecule has 0 aliphatic heterocycles. The Morgan fingerprint density at radius 3 is 0.842 bits per heavy atom. The van der Waals surface area contributed by atoms with Crippen LogP contribution in [0.5, 0.6) is 0 Å². The van der Waals surface area contributed by atoms with E-state index in [2.05, 4.69) is 365 Å². The van der Waals surface area contributed by atoms with Crippen LogP contribution >= 0.6 is 0 Å². The van der Waals surface area contributed by atoms with Gasteiger partial charge in [0.25, 0.3) is 11.8 Å². The molecule has 6 atom stereocenters. The molecule has 1 fully saturated rings. The van der Waals surface area contributed by atoms with E-state index in [-0.39, 0.29) is 48.1 Å². The monoisotopic (exact) mass is 1520 g/mol. The number of nitrogens with zero attached hydrogens (tertiary/aromatic N) is 2. The second-order valence-corrected chi connectivity index (χ2v) is 41.0. The van der Waals surface area contributed by atoms with Gasteiger partial charge in [0, 0.05) is 79.8 Å². The first-order valence-electron chi connectivity index (χ1n) is 39.7. The third-order valence-electron chi connectivity index (χ3n) is 20.5. The van der Waals surface area contributed by atoms with E-state index >= 15 is 0 Å². The summed E-state index contributed by atoms with van der Waals surface area (Å²) in [5.74, 6) is 21.5. The first-order chi connectivity index (χ1) is 55.2. The van der Waals surface area contributed by atoms with E-state index in [1.54, 1.807) is 0 Å². The van der Waals surface area contributed by atoms with E-state index in [1.807, 2.05) is 72.8 Å². The Morgan fingerprint density at radius 2 is 0.570 bits per heavy atom. The fourth-order valence-electron chi connectivity index (χ4n) is 14.1. The average molecular weight is 1520 g/mol. The Bertz CT molecular complexity index is 5310. The van der Waals surface area contributed by atoms with Crippen LogP contribution in [0.4, 0.5) is 0 Å². The van der Waals surface area contributed by atoms with Crippen LogP contribution in [-0.4, -0.2) is 51.7 Å². The minimum atomic E-state index is -1.58. The van der Waals surface area contributed by atoms with Crippen LogP contribution in [-0.2, 0) is 0 Å². The average Bonchev–Trinajstić information content (AvgIpc) is 0.779. The van der Waals surface area contributed by atoms with Crippen LogP contribution in [0.25, 0.3) is 44.5 Å². The molecule has 8 nitrogen and oxygen atoms in total. The number of amides is 2. The molecule has 1 unspecified atom stereocenters. The highest BCUT2D eigenvalue weighted by atomic mass is 28.3. The highest BCUT2D eigenvalue weighted by Gasteiger charge is 2.30. The molecule has 13 rings (SSSR count). The van der Waals surface area contributed by atoms with Crippen molar-refractivity contribution in [2.75, 3.05) is 0 Å². The minimum absolute atomic E-state index is 0.0523. The lowest BCUT2D eigenvalue weighted by Crippen LogP contribution is -2.53. The maximum atomic E-state index is 14.0. The Morgan fingerprint density at radius 1 is 0.316 bits per heavy atom. The lowest BCUT2D eigenvalue weighted by Gasteiger charge is -2.33. The number of hydrogen-bond donors (Lipinski definition) is 4. The quantitative estimate of drug-likeness (QED) is 0.0297. The topological polar surface area (TPSA) is 107 Å². The Balaban J connectivity index is 0.679. The predicted molar refractivity (Wildman–Crippen MR) is 480 cm³/mol. The maximum Gasteiger partial charge on any atom is 0.251 e. The molecule has 4 N–H and O–H groups in total. The fourth-order valence-corrected chi connectivity index (χ4v) is 15.2. The molecule has 1 aliphatic rings. The van der Waals surface area contributed by atoms with Gasteiger partial charge in [-0.15, -0.1) is 11.1 Å². The van der Waals surface area contributed by atoms with Crippen molar-refractivity contribution in [3.63, 3.8) is 0 Å². The molecule has 0 heterocycles. The van der Waals surface area contributed by atoms with Crippen molar-refractivity contribution in [1.82, 2.24) is 21.3 Å². The summed E-state index contributed by atoms with van der Waals surface area (Å²) in [5, 5.41) is 14.4. The van der Waals surface area contributed by atoms with E-state index < -0.39 is 16.1 Å². The zero-order valence-corrected chi connectivity index (χ0v) is 68.9. The van der Waals surface area contributed by atoms with Gasteiger partial charge in [-0.2, -0.15) is 0 Å². The third kappa shape index (κ3) is 21.2. The molecule has 1 aliphatic carbocycles. The Kier molecular flexibility index (Phi) is 25.7. The summed E-state index contributed by atoms with van der Waals surface area (Å²) in [6, 6.07) is 103. The van der Waals surface area contributed by atoms with Crippen LogP contribution in [0, 0.1) is 46.6 Å². The molecule has 12 aromatic carbocycles. The number of aliphatic imine (C=N–C) groups is 2. The second-order valence-electron chi connectivity index (χ2n) is 31.5. The summed E-state index contributed by atoms with van der Waals surface area (Å²) in [6.45, 7) is 22.3. The molecule has 12 aromatic rings.